The van der Waals surface area contributed by atoms with Crippen LogP contribution in [0.1, 0.15) is 22.5 Å². The van der Waals surface area contributed by atoms with Gasteiger partial charge >= 0.3 is 0 Å². The van der Waals surface area contributed by atoms with E-state index in [0.29, 0.717) is 9.88 Å². The molecule has 5 nitrogen and oxygen atoms in total. The molecule has 6 heteroatoms. The summed E-state index contributed by atoms with van der Waals surface area (Å²) in [5.41, 5.74) is 0. The second-order valence-corrected chi connectivity index (χ2v) is 4.58. The van der Waals surface area contributed by atoms with E-state index < -0.39 is 5.91 Å². The van der Waals surface area contributed by atoms with Gasteiger partial charge in [-0.05, 0) is 25.0 Å². The number of hydrogen-bond acceptors (Lipinski definition) is 4. The second-order valence-electron chi connectivity index (χ2n) is 3.49. The Morgan fingerprint density at radius 3 is 2.81 bits per heavy atom. The van der Waals surface area contributed by atoms with Crippen LogP contribution in [0.3, 0.4) is 0 Å². The van der Waals surface area contributed by atoms with Crippen molar-refractivity contribution in [3.63, 3.8) is 0 Å². The van der Waals surface area contributed by atoms with Crippen LogP contribution in [-0.2, 0) is 4.79 Å². The number of amides is 2. The van der Waals surface area contributed by atoms with Crippen molar-refractivity contribution in [2.75, 3.05) is 5.32 Å². The highest BCUT2D eigenvalue weighted by Crippen LogP contribution is 2.31. The third kappa shape index (κ3) is 2.38. The van der Waals surface area contributed by atoms with Gasteiger partial charge in [-0.15, -0.1) is 11.3 Å². The largest absolute Gasteiger partial charge is 0.317 e. The van der Waals surface area contributed by atoms with Crippen LogP contribution in [-0.4, -0.2) is 11.8 Å². The van der Waals surface area contributed by atoms with Gasteiger partial charge in [-0.3, -0.25) is 14.9 Å². The number of thiophene rings is 1. The predicted molar refractivity (Wildman–Crippen MR) is 58.8 cm³/mol. The van der Waals surface area contributed by atoms with Crippen molar-refractivity contribution < 1.29 is 9.59 Å². The van der Waals surface area contributed by atoms with Gasteiger partial charge in [0.05, 0.1) is 9.88 Å². The lowest BCUT2D eigenvalue weighted by Crippen LogP contribution is -2.15. The summed E-state index contributed by atoms with van der Waals surface area (Å²) >= 11 is 1.16. The zero-order valence-electron chi connectivity index (χ0n) is 8.32. The van der Waals surface area contributed by atoms with E-state index in [1.54, 1.807) is 18.3 Å². The fraction of sp³-hybridized carbons (Fsp3) is 0.300. The van der Waals surface area contributed by atoms with Crippen LogP contribution in [0, 0.1) is 17.4 Å². The maximum atomic E-state index is 11.4. The Bertz CT molecular complexity index is 471. The maximum Gasteiger partial charge on any atom is 0.274 e. The SMILES string of the molecule is N#CNC(=O)c1ccc(NC(=O)C2CC2)s1. The van der Waals surface area contributed by atoms with Crippen LogP contribution in [0.5, 0.6) is 0 Å². The normalized spacial score (nSPS) is 13.9. The van der Waals surface area contributed by atoms with E-state index in [1.165, 1.54) is 0 Å². The number of nitrogens with zero attached hydrogens (tertiary/aromatic N) is 1. The number of anilines is 1. The van der Waals surface area contributed by atoms with Gasteiger partial charge in [-0.1, -0.05) is 0 Å². The first-order valence-electron chi connectivity index (χ1n) is 4.81. The molecule has 1 fully saturated rings. The molecule has 2 N–H and O–H groups in total. The zero-order chi connectivity index (χ0) is 11.5. The molecule has 16 heavy (non-hydrogen) atoms. The van der Waals surface area contributed by atoms with E-state index in [0.717, 1.165) is 24.2 Å². The fourth-order valence-corrected chi connectivity index (χ4v) is 2.01. The van der Waals surface area contributed by atoms with E-state index in [-0.39, 0.29) is 11.8 Å². The number of carbonyl (C=O) groups excluding carboxylic acids is 2. The van der Waals surface area contributed by atoms with Gasteiger partial charge in [0.25, 0.3) is 5.91 Å². The number of nitriles is 1. The molecule has 0 saturated heterocycles. The average Bonchev–Trinajstić information content (AvgIpc) is 3.00. The molecule has 0 aromatic carbocycles. The summed E-state index contributed by atoms with van der Waals surface area (Å²) in [7, 11) is 0. The molecule has 1 heterocycles. The standard InChI is InChI=1S/C10H9N3O2S/c11-5-12-10(15)7-3-4-8(16-7)13-9(14)6-1-2-6/h3-4,6H,1-2H2,(H,12,15)(H,13,14). The highest BCUT2D eigenvalue weighted by molar-refractivity contribution is 7.18. The van der Waals surface area contributed by atoms with Crippen LogP contribution < -0.4 is 10.6 Å². The summed E-state index contributed by atoms with van der Waals surface area (Å²) in [5.74, 6) is -0.299. The number of rotatable bonds is 3. The molecule has 0 bridgehead atoms. The summed E-state index contributed by atoms with van der Waals surface area (Å²) in [5, 5.41) is 13.7. The van der Waals surface area contributed by atoms with E-state index >= 15 is 0 Å². The molecule has 0 unspecified atom stereocenters. The Labute approximate surface area is 96.1 Å². The van der Waals surface area contributed by atoms with Crippen molar-refractivity contribution in [1.82, 2.24) is 5.32 Å². The van der Waals surface area contributed by atoms with Crippen molar-refractivity contribution in [2.45, 2.75) is 12.8 Å². The van der Waals surface area contributed by atoms with E-state index in [9.17, 15) is 9.59 Å². The topological polar surface area (TPSA) is 82.0 Å². The molecule has 2 rings (SSSR count). The molecule has 1 saturated carbocycles. The molecule has 1 aliphatic carbocycles. The molecule has 0 radical (unpaired) electrons. The summed E-state index contributed by atoms with van der Waals surface area (Å²) < 4.78 is 0. The number of hydrogen-bond donors (Lipinski definition) is 2. The van der Waals surface area contributed by atoms with E-state index in [2.05, 4.69) is 5.32 Å². The monoisotopic (exact) mass is 235 g/mol. The van der Waals surface area contributed by atoms with E-state index in [4.69, 9.17) is 5.26 Å². The number of carbonyl (C=O) groups is 2. The van der Waals surface area contributed by atoms with Gasteiger partial charge in [0.15, 0.2) is 6.19 Å². The van der Waals surface area contributed by atoms with Crippen LogP contribution in [0.4, 0.5) is 5.00 Å². The highest BCUT2D eigenvalue weighted by Gasteiger charge is 2.29. The minimum atomic E-state index is -0.445. The summed E-state index contributed by atoms with van der Waals surface area (Å²) in [6.45, 7) is 0. The lowest BCUT2D eigenvalue weighted by Gasteiger charge is -1.98. The molecule has 1 aromatic rings. The van der Waals surface area contributed by atoms with Crippen LogP contribution in [0.25, 0.3) is 0 Å². The summed E-state index contributed by atoms with van der Waals surface area (Å²) in [4.78, 5) is 23.1. The minimum absolute atomic E-state index is 0.00842. The highest BCUT2D eigenvalue weighted by atomic mass is 32.1. The lowest BCUT2D eigenvalue weighted by molar-refractivity contribution is -0.117. The predicted octanol–water partition coefficient (Wildman–Crippen LogP) is 1.31. The maximum absolute atomic E-state index is 11.4. The lowest BCUT2D eigenvalue weighted by atomic mass is 10.4. The Morgan fingerprint density at radius 1 is 1.44 bits per heavy atom. The molecular weight excluding hydrogens is 226 g/mol. The Kier molecular flexibility index (Phi) is 2.88. The van der Waals surface area contributed by atoms with Crippen molar-refractivity contribution >= 4 is 28.2 Å². The molecule has 1 aromatic heterocycles. The first kappa shape index (κ1) is 10.6. The number of nitrogens with one attached hydrogen (secondary N) is 2. The molecular formula is C10H9N3O2S. The van der Waals surface area contributed by atoms with Crippen molar-refractivity contribution in [1.29, 1.82) is 5.26 Å². The van der Waals surface area contributed by atoms with Gasteiger partial charge in [-0.25, -0.2) is 0 Å². The quantitative estimate of drug-likeness (QED) is 0.612. The summed E-state index contributed by atoms with van der Waals surface area (Å²) in [6.07, 6.45) is 3.45. The van der Waals surface area contributed by atoms with Gasteiger partial charge in [0.1, 0.15) is 0 Å². The van der Waals surface area contributed by atoms with E-state index in [1.807, 2.05) is 5.32 Å². The first-order valence-corrected chi connectivity index (χ1v) is 5.62. The molecule has 0 aliphatic heterocycles. The van der Waals surface area contributed by atoms with Crippen LogP contribution >= 0.6 is 11.3 Å². The molecule has 1 aliphatic rings. The molecule has 0 spiro atoms. The summed E-state index contributed by atoms with van der Waals surface area (Å²) in [6, 6.07) is 3.25. The molecule has 82 valence electrons. The van der Waals surface area contributed by atoms with Gasteiger partial charge in [-0.2, -0.15) is 5.26 Å². The minimum Gasteiger partial charge on any atom is -0.317 e. The third-order valence-corrected chi connectivity index (χ3v) is 3.19. The van der Waals surface area contributed by atoms with Gasteiger partial charge in [0, 0.05) is 5.92 Å². The zero-order valence-corrected chi connectivity index (χ0v) is 9.13. The van der Waals surface area contributed by atoms with Crippen molar-refractivity contribution in [3.05, 3.63) is 17.0 Å². The third-order valence-electron chi connectivity index (χ3n) is 2.19. The smallest absolute Gasteiger partial charge is 0.274 e. The van der Waals surface area contributed by atoms with Gasteiger partial charge < -0.3 is 5.32 Å². The Hall–Kier alpha value is -1.87. The Balaban J connectivity index is 1.99. The van der Waals surface area contributed by atoms with Crippen LogP contribution in [0.15, 0.2) is 12.1 Å². The second kappa shape index (κ2) is 4.33. The van der Waals surface area contributed by atoms with Crippen LogP contribution in [0.2, 0.25) is 0 Å². The van der Waals surface area contributed by atoms with Crippen molar-refractivity contribution in [3.8, 4) is 6.19 Å². The molecule has 2 amide bonds. The average molecular weight is 235 g/mol. The molecule has 0 atom stereocenters. The van der Waals surface area contributed by atoms with Crippen molar-refractivity contribution in [2.24, 2.45) is 5.92 Å². The first-order chi connectivity index (χ1) is 7.70. The van der Waals surface area contributed by atoms with Gasteiger partial charge in [0.2, 0.25) is 5.91 Å². The Morgan fingerprint density at radius 2 is 2.19 bits per heavy atom. The fourth-order valence-electron chi connectivity index (χ4n) is 1.21.